The number of hydrogen-bond acceptors (Lipinski definition) is 4. The second-order valence-corrected chi connectivity index (χ2v) is 11.2. The van der Waals surface area contributed by atoms with Crippen LogP contribution in [0.4, 0.5) is 10.1 Å². The van der Waals surface area contributed by atoms with E-state index in [1.54, 1.807) is 31.2 Å². The van der Waals surface area contributed by atoms with E-state index in [2.05, 4.69) is 5.32 Å². The van der Waals surface area contributed by atoms with Gasteiger partial charge in [0.25, 0.3) is 10.0 Å². The SMILES string of the molecule is CC[C@H](C)NC(=O)[C@H](C)N(Cc1ccccc1)C(=O)CN(c1ccc(C)cc1)S(=O)(=O)c1ccc(F)cc1. The summed E-state index contributed by atoms with van der Waals surface area (Å²) < 4.78 is 41.9. The number of benzene rings is 3. The summed E-state index contributed by atoms with van der Waals surface area (Å²) in [6.45, 7) is 6.89. The van der Waals surface area contributed by atoms with Gasteiger partial charge in [-0.05, 0) is 69.2 Å². The van der Waals surface area contributed by atoms with E-state index < -0.39 is 34.3 Å². The minimum absolute atomic E-state index is 0.0819. The van der Waals surface area contributed by atoms with Crippen LogP contribution in [0.3, 0.4) is 0 Å². The first-order valence-corrected chi connectivity index (χ1v) is 14.0. The third kappa shape index (κ3) is 7.19. The Morgan fingerprint density at radius 3 is 2.11 bits per heavy atom. The molecule has 2 amide bonds. The highest BCUT2D eigenvalue weighted by Crippen LogP contribution is 2.25. The molecule has 0 spiro atoms. The van der Waals surface area contributed by atoms with E-state index in [9.17, 15) is 22.4 Å². The Hall–Kier alpha value is -3.72. The zero-order valence-electron chi connectivity index (χ0n) is 22.1. The van der Waals surface area contributed by atoms with Gasteiger partial charge in [-0.25, -0.2) is 12.8 Å². The molecule has 3 aromatic carbocycles. The number of nitrogens with one attached hydrogen (secondary N) is 1. The van der Waals surface area contributed by atoms with Crippen LogP contribution >= 0.6 is 0 Å². The van der Waals surface area contributed by atoms with Crippen molar-refractivity contribution in [1.29, 1.82) is 0 Å². The number of sulfonamides is 1. The van der Waals surface area contributed by atoms with Crippen LogP contribution in [0.2, 0.25) is 0 Å². The second kappa shape index (κ2) is 12.7. The number of anilines is 1. The highest BCUT2D eigenvalue weighted by molar-refractivity contribution is 7.92. The maximum atomic E-state index is 13.8. The van der Waals surface area contributed by atoms with Crippen molar-refractivity contribution in [2.75, 3.05) is 10.8 Å². The standard InChI is InChI=1S/C29H34FN3O4S/c1-5-22(3)31-29(35)23(4)32(19-24-9-7-6-8-10-24)28(34)20-33(26-15-11-21(2)12-16-26)38(36,37)27-17-13-25(30)14-18-27/h6-18,22-23H,5,19-20H2,1-4H3,(H,31,35)/t22-,23-/m0/s1. The number of amides is 2. The minimum atomic E-state index is -4.24. The molecule has 0 unspecified atom stereocenters. The van der Waals surface area contributed by atoms with Gasteiger partial charge in [0.2, 0.25) is 11.8 Å². The molecule has 3 aromatic rings. The van der Waals surface area contributed by atoms with Crippen LogP contribution in [0.1, 0.15) is 38.3 Å². The van der Waals surface area contributed by atoms with E-state index >= 15 is 0 Å². The van der Waals surface area contributed by atoms with Gasteiger partial charge in [0.1, 0.15) is 18.4 Å². The first-order valence-electron chi connectivity index (χ1n) is 12.5. The number of hydrogen-bond donors (Lipinski definition) is 1. The van der Waals surface area contributed by atoms with Crippen LogP contribution in [-0.4, -0.2) is 43.8 Å². The Morgan fingerprint density at radius 2 is 1.53 bits per heavy atom. The molecule has 7 nitrogen and oxygen atoms in total. The van der Waals surface area contributed by atoms with Crippen LogP contribution < -0.4 is 9.62 Å². The summed E-state index contributed by atoms with van der Waals surface area (Å²) in [5.41, 5.74) is 2.00. The Morgan fingerprint density at radius 1 is 0.921 bits per heavy atom. The van der Waals surface area contributed by atoms with Gasteiger partial charge in [-0.2, -0.15) is 0 Å². The fourth-order valence-electron chi connectivity index (χ4n) is 3.80. The molecule has 3 rings (SSSR count). The fraction of sp³-hybridized carbons (Fsp3) is 0.310. The molecule has 2 atom stereocenters. The molecule has 202 valence electrons. The van der Waals surface area contributed by atoms with Gasteiger partial charge in [0.15, 0.2) is 0 Å². The average molecular weight is 540 g/mol. The third-order valence-electron chi connectivity index (χ3n) is 6.37. The first-order chi connectivity index (χ1) is 18.0. The summed E-state index contributed by atoms with van der Waals surface area (Å²) in [5, 5.41) is 2.90. The van der Waals surface area contributed by atoms with Crippen LogP contribution in [0.5, 0.6) is 0 Å². The van der Waals surface area contributed by atoms with E-state index in [-0.39, 0.29) is 29.1 Å². The van der Waals surface area contributed by atoms with E-state index in [1.165, 1.54) is 17.0 Å². The van der Waals surface area contributed by atoms with E-state index in [0.29, 0.717) is 0 Å². The largest absolute Gasteiger partial charge is 0.352 e. The molecule has 38 heavy (non-hydrogen) atoms. The number of halogens is 1. The fourth-order valence-corrected chi connectivity index (χ4v) is 5.22. The van der Waals surface area contributed by atoms with Gasteiger partial charge in [-0.15, -0.1) is 0 Å². The van der Waals surface area contributed by atoms with Crippen molar-refractivity contribution in [2.24, 2.45) is 0 Å². The van der Waals surface area contributed by atoms with Crippen molar-refractivity contribution in [1.82, 2.24) is 10.2 Å². The monoisotopic (exact) mass is 539 g/mol. The molecule has 0 bridgehead atoms. The van der Waals surface area contributed by atoms with Crippen molar-refractivity contribution in [2.45, 2.75) is 57.6 Å². The summed E-state index contributed by atoms with van der Waals surface area (Å²) in [7, 11) is -4.24. The number of nitrogens with zero attached hydrogens (tertiary/aromatic N) is 2. The van der Waals surface area contributed by atoms with Crippen LogP contribution in [0.15, 0.2) is 83.8 Å². The molecule has 0 heterocycles. The van der Waals surface area contributed by atoms with Crippen molar-refractivity contribution < 1.29 is 22.4 Å². The molecule has 0 aliphatic carbocycles. The predicted octanol–water partition coefficient (Wildman–Crippen LogP) is 4.66. The number of aryl methyl sites for hydroxylation is 1. The molecule has 0 aliphatic heterocycles. The number of carbonyl (C=O) groups excluding carboxylic acids is 2. The second-order valence-electron chi connectivity index (χ2n) is 9.30. The van der Waals surface area contributed by atoms with Crippen molar-refractivity contribution in [3.63, 3.8) is 0 Å². The van der Waals surface area contributed by atoms with E-state index in [4.69, 9.17) is 0 Å². The molecule has 0 aliphatic rings. The number of rotatable bonds is 11. The van der Waals surface area contributed by atoms with Gasteiger partial charge in [0.05, 0.1) is 10.6 Å². The van der Waals surface area contributed by atoms with Gasteiger partial charge >= 0.3 is 0 Å². The van der Waals surface area contributed by atoms with Gasteiger partial charge in [0, 0.05) is 12.6 Å². The van der Waals surface area contributed by atoms with Crippen molar-refractivity contribution in [3.8, 4) is 0 Å². The van der Waals surface area contributed by atoms with Crippen molar-refractivity contribution >= 4 is 27.5 Å². The van der Waals surface area contributed by atoms with Gasteiger partial charge in [-0.3, -0.25) is 13.9 Å². The predicted molar refractivity (Wildman–Crippen MR) is 146 cm³/mol. The maximum absolute atomic E-state index is 13.8. The first kappa shape index (κ1) is 28.8. The smallest absolute Gasteiger partial charge is 0.264 e. The molecule has 0 saturated heterocycles. The Kier molecular flexibility index (Phi) is 9.63. The van der Waals surface area contributed by atoms with E-state index in [0.717, 1.165) is 34.0 Å². The number of carbonyl (C=O) groups is 2. The van der Waals surface area contributed by atoms with E-state index in [1.807, 2.05) is 51.1 Å². The van der Waals surface area contributed by atoms with Crippen molar-refractivity contribution in [3.05, 3.63) is 95.8 Å². The molecular weight excluding hydrogens is 505 g/mol. The summed E-state index contributed by atoms with van der Waals surface area (Å²) >= 11 is 0. The lowest BCUT2D eigenvalue weighted by Gasteiger charge is -2.32. The molecule has 0 radical (unpaired) electrons. The highest BCUT2D eigenvalue weighted by atomic mass is 32.2. The molecule has 0 aromatic heterocycles. The Bertz CT molecular complexity index is 1330. The lowest BCUT2D eigenvalue weighted by Crippen LogP contribution is -2.52. The molecule has 0 fully saturated rings. The topological polar surface area (TPSA) is 86.8 Å². The third-order valence-corrected chi connectivity index (χ3v) is 8.15. The zero-order valence-corrected chi connectivity index (χ0v) is 22.9. The molecular formula is C29H34FN3O4S. The average Bonchev–Trinajstić information content (AvgIpc) is 2.91. The van der Waals surface area contributed by atoms with Gasteiger partial charge in [-0.1, -0.05) is 55.0 Å². The Balaban J connectivity index is 2.00. The lowest BCUT2D eigenvalue weighted by atomic mass is 10.1. The minimum Gasteiger partial charge on any atom is -0.352 e. The Labute approximate surface area is 224 Å². The normalized spacial score (nSPS) is 12.9. The molecule has 9 heteroatoms. The summed E-state index contributed by atoms with van der Waals surface area (Å²) in [4.78, 5) is 28.1. The van der Waals surface area contributed by atoms with Crippen LogP contribution in [0, 0.1) is 12.7 Å². The quantitative estimate of drug-likeness (QED) is 0.384. The summed E-state index contributed by atoms with van der Waals surface area (Å²) in [6, 6.07) is 19.4. The molecule has 1 N–H and O–H groups in total. The highest BCUT2D eigenvalue weighted by Gasteiger charge is 2.32. The van der Waals surface area contributed by atoms with Gasteiger partial charge < -0.3 is 10.2 Å². The molecule has 0 saturated carbocycles. The van der Waals surface area contributed by atoms with Crippen LogP contribution in [0.25, 0.3) is 0 Å². The maximum Gasteiger partial charge on any atom is 0.264 e. The van der Waals surface area contributed by atoms with Crippen LogP contribution in [-0.2, 0) is 26.2 Å². The summed E-state index contributed by atoms with van der Waals surface area (Å²) in [6.07, 6.45) is 0.724. The lowest BCUT2D eigenvalue weighted by molar-refractivity contribution is -0.139. The zero-order chi connectivity index (χ0) is 27.9. The summed E-state index contributed by atoms with van der Waals surface area (Å²) in [5.74, 6) is -1.45.